The molecular weight excluding hydrogens is 476 g/mol. The molecule has 0 radical (unpaired) electrons. The SMILES string of the molecule is CS[C@]12c3ccccc3CCN1C(=O)[C@@H]2N1C(=O)[C@@H](Oc2ccccc2)[C@H]1c1ccc2c(c1)OCO2. The van der Waals surface area contributed by atoms with Crippen LogP contribution in [-0.4, -0.2) is 53.4 Å². The molecule has 3 aromatic rings. The minimum atomic E-state index is -0.743. The molecular formula is C28H24N2O5S. The van der Waals surface area contributed by atoms with Gasteiger partial charge in [-0.15, -0.1) is 11.8 Å². The molecule has 36 heavy (non-hydrogen) atoms. The standard InChI is InChI=1S/C28H24N2O5S/c1-36-28-20-10-6-5-7-17(20)13-14-29(28)27(32)25(28)30-23(18-11-12-21-22(15-18)34-16-33-21)24(26(30)31)35-19-8-3-2-4-9-19/h2-12,15,23-25H,13-14,16H2,1H3/t23-,24+,25+,28+/m1/s1. The summed E-state index contributed by atoms with van der Waals surface area (Å²) < 4.78 is 17.3. The van der Waals surface area contributed by atoms with Crippen LogP contribution >= 0.6 is 11.8 Å². The maximum Gasteiger partial charge on any atom is 0.267 e. The summed E-state index contributed by atoms with van der Waals surface area (Å²) in [6.07, 6.45) is 2.09. The van der Waals surface area contributed by atoms with Gasteiger partial charge in [-0.2, -0.15) is 0 Å². The molecule has 4 atom stereocenters. The number of carbonyl (C=O) groups excluding carboxylic acids is 2. The Morgan fingerprint density at radius 3 is 2.56 bits per heavy atom. The molecule has 0 aliphatic carbocycles. The summed E-state index contributed by atoms with van der Waals surface area (Å²) in [5.41, 5.74) is 3.19. The van der Waals surface area contributed by atoms with Crippen LogP contribution in [0.4, 0.5) is 0 Å². The number of ether oxygens (including phenoxy) is 3. The molecule has 0 unspecified atom stereocenters. The van der Waals surface area contributed by atoms with E-state index in [1.807, 2.05) is 71.8 Å². The number of β-lactam (4-membered cyclic amide) rings is 2. The minimum absolute atomic E-state index is 0.0175. The first-order valence-corrected chi connectivity index (χ1v) is 13.2. The van der Waals surface area contributed by atoms with Crippen molar-refractivity contribution in [3.63, 3.8) is 0 Å². The molecule has 4 aliphatic rings. The van der Waals surface area contributed by atoms with E-state index >= 15 is 0 Å². The number of para-hydroxylation sites is 1. The van der Waals surface area contributed by atoms with E-state index in [1.165, 1.54) is 5.56 Å². The predicted octanol–water partition coefficient (Wildman–Crippen LogP) is 3.73. The molecule has 2 fully saturated rings. The second-order valence-electron chi connectivity index (χ2n) is 9.35. The van der Waals surface area contributed by atoms with Gasteiger partial charge in [-0.05, 0) is 53.6 Å². The fourth-order valence-corrected chi connectivity index (χ4v) is 7.31. The third-order valence-corrected chi connectivity index (χ3v) is 8.98. The summed E-state index contributed by atoms with van der Waals surface area (Å²) in [5, 5.41) is 0. The molecule has 7 rings (SSSR count). The highest BCUT2D eigenvalue weighted by molar-refractivity contribution is 7.99. The predicted molar refractivity (Wildman–Crippen MR) is 134 cm³/mol. The Bertz CT molecular complexity index is 1380. The van der Waals surface area contributed by atoms with Crippen molar-refractivity contribution in [2.75, 3.05) is 19.6 Å². The summed E-state index contributed by atoms with van der Waals surface area (Å²) in [7, 11) is 0. The highest BCUT2D eigenvalue weighted by atomic mass is 32.2. The highest BCUT2D eigenvalue weighted by Crippen LogP contribution is 2.58. The Labute approximate surface area is 212 Å². The smallest absolute Gasteiger partial charge is 0.267 e. The molecule has 0 N–H and O–H groups in total. The van der Waals surface area contributed by atoms with Crippen LogP contribution in [0.15, 0.2) is 72.8 Å². The number of fused-ring (bicyclic) bond motifs is 4. The van der Waals surface area contributed by atoms with Gasteiger partial charge in [0.15, 0.2) is 11.5 Å². The van der Waals surface area contributed by atoms with Gasteiger partial charge in [0.05, 0.1) is 0 Å². The second kappa shape index (κ2) is 7.93. The van der Waals surface area contributed by atoms with Gasteiger partial charge >= 0.3 is 0 Å². The van der Waals surface area contributed by atoms with Crippen molar-refractivity contribution in [3.8, 4) is 17.2 Å². The molecule has 2 amide bonds. The van der Waals surface area contributed by atoms with Crippen LogP contribution in [0.25, 0.3) is 0 Å². The van der Waals surface area contributed by atoms with Crippen molar-refractivity contribution >= 4 is 23.6 Å². The van der Waals surface area contributed by atoms with E-state index in [0.717, 1.165) is 17.5 Å². The van der Waals surface area contributed by atoms with Gasteiger partial charge in [-0.25, -0.2) is 0 Å². The molecule has 3 aromatic carbocycles. The van der Waals surface area contributed by atoms with Gasteiger partial charge in [-0.3, -0.25) is 9.59 Å². The lowest BCUT2D eigenvalue weighted by molar-refractivity contribution is -0.195. The first-order chi connectivity index (χ1) is 17.6. The van der Waals surface area contributed by atoms with E-state index in [9.17, 15) is 9.59 Å². The van der Waals surface area contributed by atoms with Crippen LogP contribution in [0, 0.1) is 0 Å². The Hall–Kier alpha value is -3.65. The number of nitrogens with zero attached hydrogens (tertiary/aromatic N) is 2. The maximum absolute atomic E-state index is 13.8. The molecule has 2 saturated heterocycles. The maximum atomic E-state index is 13.8. The van der Waals surface area contributed by atoms with Gasteiger partial charge in [-0.1, -0.05) is 48.5 Å². The average Bonchev–Trinajstić information content (AvgIpc) is 3.39. The number of likely N-dealkylation sites (tertiary alicyclic amines) is 1. The van der Waals surface area contributed by atoms with Crippen molar-refractivity contribution in [3.05, 3.63) is 89.5 Å². The Kier molecular flexibility index (Phi) is 4.76. The third-order valence-electron chi connectivity index (χ3n) is 7.70. The van der Waals surface area contributed by atoms with Crippen molar-refractivity contribution in [1.82, 2.24) is 9.80 Å². The van der Waals surface area contributed by atoms with Crippen molar-refractivity contribution < 1.29 is 23.8 Å². The Balaban J connectivity index is 1.32. The molecule has 0 saturated carbocycles. The van der Waals surface area contributed by atoms with Crippen molar-refractivity contribution in [2.45, 2.75) is 29.5 Å². The van der Waals surface area contributed by atoms with E-state index in [2.05, 4.69) is 12.1 Å². The molecule has 7 nitrogen and oxygen atoms in total. The number of rotatable bonds is 5. The average molecular weight is 501 g/mol. The summed E-state index contributed by atoms with van der Waals surface area (Å²) in [5.74, 6) is 1.72. The number of carbonyl (C=O) groups is 2. The van der Waals surface area contributed by atoms with Crippen molar-refractivity contribution in [2.24, 2.45) is 0 Å². The second-order valence-corrected chi connectivity index (χ2v) is 10.4. The molecule has 182 valence electrons. The van der Waals surface area contributed by atoms with Gasteiger partial charge in [0.1, 0.15) is 22.7 Å². The van der Waals surface area contributed by atoms with E-state index in [0.29, 0.717) is 23.8 Å². The Morgan fingerprint density at radius 2 is 1.72 bits per heavy atom. The Morgan fingerprint density at radius 1 is 0.944 bits per heavy atom. The van der Waals surface area contributed by atoms with Gasteiger partial charge in [0.25, 0.3) is 11.8 Å². The van der Waals surface area contributed by atoms with E-state index < -0.39 is 23.1 Å². The first kappa shape index (κ1) is 21.6. The molecule has 0 spiro atoms. The molecule has 0 bridgehead atoms. The zero-order valence-corrected chi connectivity index (χ0v) is 20.4. The largest absolute Gasteiger partial charge is 0.478 e. The molecule has 0 aromatic heterocycles. The fourth-order valence-electron chi connectivity index (χ4n) is 6.05. The number of hydrogen-bond acceptors (Lipinski definition) is 6. The minimum Gasteiger partial charge on any atom is -0.478 e. The lowest BCUT2D eigenvalue weighted by atomic mass is 9.76. The zero-order chi connectivity index (χ0) is 24.4. The quantitative estimate of drug-likeness (QED) is 0.498. The van der Waals surface area contributed by atoms with E-state index in [-0.39, 0.29) is 18.6 Å². The number of benzene rings is 3. The van der Waals surface area contributed by atoms with Gasteiger partial charge in [0, 0.05) is 6.54 Å². The summed E-state index contributed by atoms with van der Waals surface area (Å²) in [4.78, 5) is 30.4. The summed E-state index contributed by atoms with van der Waals surface area (Å²) in [6.45, 7) is 0.812. The van der Waals surface area contributed by atoms with E-state index in [1.54, 1.807) is 16.7 Å². The molecule has 4 heterocycles. The van der Waals surface area contributed by atoms with Gasteiger partial charge < -0.3 is 24.0 Å². The van der Waals surface area contributed by atoms with Crippen LogP contribution < -0.4 is 14.2 Å². The first-order valence-electron chi connectivity index (χ1n) is 12.0. The molecule has 8 heteroatoms. The van der Waals surface area contributed by atoms with Gasteiger partial charge in [0.2, 0.25) is 12.9 Å². The summed E-state index contributed by atoms with van der Waals surface area (Å²) in [6, 6.07) is 22.2. The number of amides is 2. The zero-order valence-electron chi connectivity index (χ0n) is 19.6. The lowest BCUT2D eigenvalue weighted by Crippen LogP contribution is -2.81. The van der Waals surface area contributed by atoms with Crippen LogP contribution in [-0.2, 0) is 20.9 Å². The lowest BCUT2D eigenvalue weighted by Gasteiger charge is -2.65. The third kappa shape index (κ3) is 2.82. The normalized spacial score (nSPS) is 27.6. The molecule has 4 aliphatic heterocycles. The van der Waals surface area contributed by atoms with Crippen LogP contribution in [0.3, 0.4) is 0 Å². The van der Waals surface area contributed by atoms with Crippen molar-refractivity contribution in [1.29, 1.82) is 0 Å². The number of hydrogen-bond donors (Lipinski definition) is 0. The van der Waals surface area contributed by atoms with Crippen LogP contribution in [0.2, 0.25) is 0 Å². The summed E-state index contributed by atoms with van der Waals surface area (Å²) >= 11 is 1.63. The highest BCUT2D eigenvalue weighted by Gasteiger charge is 2.70. The topological polar surface area (TPSA) is 68.3 Å². The monoisotopic (exact) mass is 500 g/mol. The van der Waals surface area contributed by atoms with Crippen LogP contribution in [0.5, 0.6) is 17.2 Å². The van der Waals surface area contributed by atoms with E-state index in [4.69, 9.17) is 14.2 Å². The number of thioether (sulfide) groups is 1. The fraction of sp³-hybridized carbons (Fsp3) is 0.286. The van der Waals surface area contributed by atoms with Crippen LogP contribution in [0.1, 0.15) is 22.7 Å².